The Morgan fingerprint density at radius 2 is 2.10 bits per heavy atom. The van der Waals surface area contributed by atoms with Crippen LogP contribution in [0.25, 0.3) is 10.2 Å². The quantitative estimate of drug-likeness (QED) is 0.305. The molecule has 1 aliphatic heterocycles. The van der Waals surface area contributed by atoms with Crippen molar-refractivity contribution in [1.82, 2.24) is 4.98 Å². The maximum absolute atomic E-state index is 13.2. The molecule has 6 heteroatoms. The SMILES string of the molecule is CCc1cccc2sc(N(CC3CCCO3)C(=O)CCCSc3ccccc3)nc12. The van der Waals surface area contributed by atoms with E-state index in [4.69, 9.17) is 9.72 Å². The number of rotatable bonds is 9. The Balaban J connectivity index is 1.45. The molecule has 0 saturated carbocycles. The fourth-order valence-corrected chi connectivity index (χ4v) is 5.65. The van der Waals surface area contributed by atoms with Crippen LogP contribution in [0.3, 0.4) is 0 Å². The van der Waals surface area contributed by atoms with Crippen molar-refractivity contribution < 1.29 is 9.53 Å². The number of fused-ring (bicyclic) bond motifs is 1. The van der Waals surface area contributed by atoms with E-state index in [9.17, 15) is 4.79 Å². The summed E-state index contributed by atoms with van der Waals surface area (Å²) in [6.07, 6.45) is 4.52. The average Bonchev–Trinajstić information content (AvgIpc) is 3.45. The van der Waals surface area contributed by atoms with Crippen LogP contribution >= 0.6 is 23.1 Å². The second-order valence-electron chi connectivity index (χ2n) is 7.52. The molecule has 158 valence electrons. The fourth-order valence-electron chi connectivity index (χ4n) is 3.74. The highest BCUT2D eigenvalue weighted by Gasteiger charge is 2.26. The van der Waals surface area contributed by atoms with Gasteiger partial charge in [-0.1, -0.05) is 48.6 Å². The Hall–Kier alpha value is -1.89. The topological polar surface area (TPSA) is 42.4 Å². The number of hydrogen-bond acceptors (Lipinski definition) is 5. The predicted molar refractivity (Wildman–Crippen MR) is 127 cm³/mol. The highest BCUT2D eigenvalue weighted by Crippen LogP contribution is 2.32. The minimum atomic E-state index is 0.116. The van der Waals surface area contributed by atoms with Crippen LogP contribution in [0.2, 0.25) is 0 Å². The molecule has 4 nitrogen and oxygen atoms in total. The zero-order valence-corrected chi connectivity index (χ0v) is 19.0. The van der Waals surface area contributed by atoms with Crippen LogP contribution < -0.4 is 4.90 Å². The van der Waals surface area contributed by atoms with Gasteiger partial charge < -0.3 is 4.74 Å². The lowest BCUT2D eigenvalue weighted by molar-refractivity contribution is -0.119. The van der Waals surface area contributed by atoms with Gasteiger partial charge in [0.15, 0.2) is 5.13 Å². The molecule has 0 radical (unpaired) electrons. The van der Waals surface area contributed by atoms with E-state index in [1.165, 1.54) is 10.5 Å². The van der Waals surface area contributed by atoms with Crippen LogP contribution in [0.1, 0.15) is 38.2 Å². The third-order valence-corrected chi connectivity index (χ3v) is 7.50. The first kappa shape index (κ1) is 21.3. The van der Waals surface area contributed by atoms with Gasteiger partial charge >= 0.3 is 0 Å². The predicted octanol–water partition coefficient (Wildman–Crippen LogP) is 5.94. The Morgan fingerprint density at radius 3 is 2.87 bits per heavy atom. The molecule has 4 rings (SSSR count). The average molecular weight is 441 g/mol. The summed E-state index contributed by atoms with van der Waals surface area (Å²) < 4.78 is 6.98. The summed E-state index contributed by atoms with van der Waals surface area (Å²) >= 11 is 3.42. The molecule has 1 unspecified atom stereocenters. The summed E-state index contributed by atoms with van der Waals surface area (Å²) in [6, 6.07) is 16.7. The highest BCUT2D eigenvalue weighted by atomic mass is 32.2. The number of thiazole rings is 1. The molecule has 1 aliphatic rings. The number of anilines is 1. The molecule has 0 N–H and O–H groups in total. The molecule has 2 aromatic carbocycles. The molecule has 1 aromatic heterocycles. The van der Waals surface area contributed by atoms with Gasteiger partial charge in [0.2, 0.25) is 5.91 Å². The lowest BCUT2D eigenvalue weighted by Crippen LogP contribution is -2.37. The number of thioether (sulfide) groups is 1. The van der Waals surface area contributed by atoms with Crippen LogP contribution in [0, 0.1) is 0 Å². The van der Waals surface area contributed by atoms with Crippen molar-refractivity contribution in [2.45, 2.75) is 50.0 Å². The van der Waals surface area contributed by atoms with E-state index in [2.05, 4.69) is 49.4 Å². The van der Waals surface area contributed by atoms with E-state index >= 15 is 0 Å². The summed E-state index contributed by atoms with van der Waals surface area (Å²) in [7, 11) is 0. The minimum Gasteiger partial charge on any atom is -0.376 e. The molecular weight excluding hydrogens is 412 g/mol. The van der Waals surface area contributed by atoms with E-state index in [1.807, 2.05) is 11.0 Å². The molecule has 0 aliphatic carbocycles. The summed E-state index contributed by atoms with van der Waals surface area (Å²) in [5.74, 6) is 1.08. The first-order valence-electron chi connectivity index (χ1n) is 10.7. The van der Waals surface area contributed by atoms with Gasteiger partial charge in [0.1, 0.15) is 0 Å². The number of amides is 1. The van der Waals surface area contributed by atoms with E-state index in [1.54, 1.807) is 23.1 Å². The number of ether oxygens (including phenoxy) is 1. The summed E-state index contributed by atoms with van der Waals surface area (Å²) in [5, 5.41) is 0.808. The van der Waals surface area contributed by atoms with Gasteiger partial charge in [-0.25, -0.2) is 4.98 Å². The van der Waals surface area contributed by atoms with Gasteiger partial charge in [0, 0.05) is 17.9 Å². The largest absolute Gasteiger partial charge is 0.376 e. The normalized spacial score (nSPS) is 16.2. The smallest absolute Gasteiger partial charge is 0.228 e. The zero-order valence-electron chi connectivity index (χ0n) is 17.4. The van der Waals surface area contributed by atoms with Gasteiger partial charge in [-0.15, -0.1) is 11.8 Å². The molecule has 1 saturated heterocycles. The standard InChI is InChI=1S/C24H28N2O2S2/c1-2-18-9-6-13-21-23(18)25-24(30-21)26(17-19-10-7-15-28-19)22(27)14-8-16-29-20-11-4-3-5-12-20/h3-6,9,11-13,19H,2,7-8,10,14-17H2,1H3. The third-order valence-electron chi connectivity index (χ3n) is 5.36. The summed E-state index contributed by atoms with van der Waals surface area (Å²) in [5.41, 5.74) is 2.27. The van der Waals surface area contributed by atoms with Crippen molar-refractivity contribution in [1.29, 1.82) is 0 Å². The monoisotopic (exact) mass is 440 g/mol. The van der Waals surface area contributed by atoms with Gasteiger partial charge in [0.25, 0.3) is 0 Å². The third kappa shape index (κ3) is 5.23. The number of carbonyl (C=O) groups is 1. The molecule has 1 amide bonds. The Morgan fingerprint density at radius 1 is 1.23 bits per heavy atom. The second kappa shape index (κ2) is 10.4. The van der Waals surface area contributed by atoms with Gasteiger partial charge in [-0.05, 0) is 55.2 Å². The number of carbonyl (C=O) groups excluding carboxylic acids is 1. The number of hydrogen-bond donors (Lipinski definition) is 0. The molecule has 0 spiro atoms. The van der Waals surface area contributed by atoms with Crippen molar-refractivity contribution in [3.8, 4) is 0 Å². The van der Waals surface area contributed by atoms with Crippen LogP contribution in [0.5, 0.6) is 0 Å². The first-order valence-corrected chi connectivity index (χ1v) is 12.5. The van der Waals surface area contributed by atoms with E-state index in [-0.39, 0.29) is 12.0 Å². The van der Waals surface area contributed by atoms with E-state index in [0.717, 1.165) is 53.4 Å². The zero-order chi connectivity index (χ0) is 20.8. The van der Waals surface area contributed by atoms with Gasteiger partial charge in [-0.2, -0.15) is 0 Å². The van der Waals surface area contributed by atoms with Crippen molar-refractivity contribution >= 4 is 44.4 Å². The maximum Gasteiger partial charge on any atom is 0.228 e. The Kier molecular flexibility index (Phi) is 7.42. The first-order chi connectivity index (χ1) is 14.7. The van der Waals surface area contributed by atoms with Crippen molar-refractivity contribution in [3.63, 3.8) is 0 Å². The lowest BCUT2D eigenvalue weighted by Gasteiger charge is -2.23. The summed E-state index contributed by atoms with van der Waals surface area (Å²) in [6.45, 7) is 3.54. The van der Waals surface area contributed by atoms with Crippen LogP contribution in [-0.4, -0.2) is 35.9 Å². The van der Waals surface area contributed by atoms with Crippen molar-refractivity contribution in [2.75, 3.05) is 23.8 Å². The number of nitrogens with zero attached hydrogens (tertiary/aromatic N) is 2. The fraction of sp³-hybridized carbons (Fsp3) is 0.417. The molecule has 1 fully saturated rings. The molecular formula is C24H28N2O2S2. The number of aromatic nitrogens is 1. The number of benzene rings is 2. The molecule has 3 aromatic rings. The summed E-state index contributed by atoms with van der Waals surface area (Å²) in [4.78, 5) is 21.2. The van der Waals surface area contributed by atoms with Crippen LogP contribution in [0.15, 0.2) is 53.4 Å². The molecule has 2 heterocycles. The lowest BCUT2D eigenvalue weighted by atomic mass is 10.1. The Labute approximate surface area is 186 Å². The number of para-hydroxylation sites is 1. The van der Waals surface area contributed by atoms with Gasteiger partial charge in [-0.3, -0.25) is 9.69 Å². The van der Waals surface area contributed by atoms with E-state index < -0.39 is 0 Å². The second-order valence-corrected chi connectivity index (χ2v) is 9.70. The van der Waals surface area contributed by atoms with Gasteiger partial charge in [0.05, 0.1) is 22.9 Å². The highest BCUT2D eigenvalue weighted by molar-refractivity contribution is 7.99. The molecule has 0 bridgehead atoms. The Bertz CT molecular complexity index is 968. The molecule has 1 atom stereocenters. The maximum atomic E-state index is 13.2. The van der Waals surface area contributed by atoms with Crippen molar-refractivity contribution in [3.05, 3.63) is 54.1 Å². The number of aryl methyl sites for hydroxylation is 1. The van der Waals surface area contributed by atoms with Crippen LogP contribution in [0.4, 0.5) is 5.13 Å². The minimum absolute atomic E-state index is 0.116. The van der Waals surface area contributed by atoms with Crippen molar-refractivity contribution in [2.24, 2.45) is 0 Å². The van der Waals surface area contributed by atoms with Crippen LogP contribution in [-0.2, 0) is 16.0 Å². The van der Waals surface area contributed by atoms with E-state index in [0.29, 0.717) is 13.0 Å². The molecule has 30 heavy (non-hydrogen) atoms.